The number of benzene rings is 2. The van der Waals surface area contributed by atoms with E-state index in [-0.39, 0.29) is 17.6 Å². The molecular formula is C20H22N6O2S. The minimum atomic E-state index is -0.210. The molecule has 0 aliphatic rings. The van der Waals surface area contributed by atoms with E-state index in [4.69, 9.17) is 0 Å². The summed E-state index contributed by atoms with van der Waals surface area (Å²) in [6.07, 6.45) is 0. The molecule has 29 heavy (non-hydrogen) atoms. The van der Waals surface area contributed by atoms with Crippen LogP contribution in [0.2, 0.25) is 0 Å². The molecule has 2 amide bonds. The highest BCUT2D eigenvalue weighted by molar-refractivity contribution is 7.99. The summed E-state index contributed by atoms with van der Waals surface area (Å²) < 4.78 is 1.63. The van der Waals surface area contributed by atoms with E-state index in [1.54, 1.807) is 28.9 Å². The monoisotopic (exact) mass is 410 g/mol. The molecule has 0 aliphatic carbocycles. The van der Waals surface area contributed by atoms with Gasteiger partial charge in [-0.3, -0.25) is 9.59 Å². The van der Waals surface area contributed by atoms with Crippen molar-refractivity contribution in [3.05, 3.63) is 59.2 Å². The van der Waals surface area contributed by atoms with Crippen LogP contribution in [0.5, 0.6) is 0 Å². The number of aromatic nitrogens is 4. The molecule has 9 heteroatoms. The maximum atomic E-state index is 12.4. The van der Waals surface area contributed by atoms with E-state index in [1.165, 1.54) is 11.8 Å². The maximum Gasteiger partial charge on any atom is 0.251 e. The third-order valence-electron chi connectivity index (χ3n) is 4.10. The molecule has 0 fully saturated rings. The lowest BCUT2D eigenvalue weighted by molar-refractivity contribution is -0.113. The van der Waals surface area contributed by atoms with Crippen LogP contribution in [0.1, 0.15) is 28.4 Å². The van der Waals surface area contributed by atoms with Crippen LogP contribution in [-0.4, -0.2) is 44.3 Å². The van der Waals surface area contributed by atoms with Gasteiger partial charge in [0.1, 0.15) is 0 Å². The van der Waals surface area contributed by atoms with Crippen molar-refractivity contribution in [1.82, 2.24) is 25.5 Å². The fraction of sp³-hybridized carbons (Fsp3) is 0.250. The highest BCUT2D eigenvalue weighted by Gasteiger charge is 2.14. The number of amides is 2. The number of hydrogen-bond donors (Lipinski definition) is 2. The van der Waals surface area contributed by atoms with E-state index < -0.39 is 0 Å². The molecule has 8 nitrogen and oxygen atoms in total. The van der Waals surface area contributed by atoms with Gasteiger partial charge in [-0.2, -0.15) is 4.68 Å². The average molecular weight is 411 g/mol. The smallest absolute Gasteiger partial charge is 0.251 e. The first-order valence-corrected chi connectivity index (χ1v) is 10.1. The van der Waals surface area contributed by atoms with Crippen molar-refractivity contribution < 1.29 is 9.59 Å². The number of thioether (sulfide) groups is 1. The third-order valence-corrected chi connectivity index (χ3v) is 5.02. The molecule has 0 atom stereocenters. The van der Waals surface area contributed by atoms with Gasteiger partial charge in [0.2, 0.25) is 11.1 Å². The average Bonchev–Trinajstić information content (AvgIpc) is 3.15. The maximum absolute atomic E-state index is 12.4. The predicted molar refractivity (Wildman–Crippen MR) is 112 cm³/mol. The molecule has 3 rings (SSSR count). The van der Waals surface area contributed by atoms with Gasteiger partial charge in [0.05, 0.1) is 11.4 Å². The summed E-state index contributed by atoms with van der Waals surface area (Å²) in [5, 5.41) is 17.9. The van der Waals surface area contributed by atoms with Crippen molar-refractivity contribution in [3.8, 4) is 5.69 Å². The molecule has 0 bridgehead atoms. The van der Waals surface area contributed by atoms with E-state index in [0.717, 1.165) is 16.8 Å². The molecule has 3 aromatic rings. The summed E-state index contributed by atoms with van der Waals surface area (Å²) in [6.45, 7) is 6.41. The molecule has 1 aromatic heterocycles. The number of nitrogens with zero attached hydrogens (tertiary/aromatic N) is 4. The number of hydrogen-bond acceptors (Lipinski definition) is 6. The van der Waals surface area contributed by atoms with Crippen LogP contribution in [0.4, 0.5) is 5.69 Å². The number of rotatable bonds is 7. The van der Waals surface area contributed by atoms with Gasteiger partial charge in [-0.25, -0.2) is 0 Å². The van der Waals surface area contributed by atoms with E-state index >= 15 is 0 Å². The Balaban J connectivity index is 1.65. The Bertz CT molecular complexity index is 1030. The molecule has 1 heterocycles. The Morgan fingerprint density at radius 3 is 2.72 bits per heavy atom. The Hall–Kier alpha value is -3.20. The van der Waals surface area contributed by atoms with Crippen molar-refractivity contribution in [2.24, 2.45) is 0 Å². The Morgan fingerprint density at radius 2 is 1.97 bits per heavy atom. The van der Waals surface area contributed by atoms with Crippen LogP contribution in [-0.2, 0) is 4.79 Å². The van der Waals surface area contributed by atoms with Crippen molar-refractivity contribution in [2.45, 2.75) is 25.9 Å². The first kappa shape index (κ1) is 20.5. The largest absolute Gasteiger partial charge is 0.352 e. The Kier molecular flexibility index (Phi) is 6.61. The number of nitrogens with one attached hydrogen (secondary N) is 2. The van der Waals surface area contributed by atoms with Crippen molar-refractivity contribution in [1.29, 1.82) is 0 Å². The fourth-order valence-electron chi connectivity index (χ4n) is 2.79. The normalized spacial score (nSPS) is 10.6. The first-order valence-electron chi connectivity index (χ1n) is 9.15. The lowest BCUT2D eigenvalue weighted by atomic mass is 10.1. The molecule has 0 radical (unpaired) electrons. The Labute approximate surface area is 173 Å². The summed E-state index contributed by atoms with van der Waals surface area (Å²) in [7, 11) is 0. The van der Waals surface area contributed by atoms with Gasteiger partial charge >= 0.3 is 0 Å². The SMILES string of the molecule is CCNC(=O)c1cccc(NC(=O)CSc2nnnn2-c2ccc(C)cc2C)c1. The van der Waals surface area contributed by atoms with Crippen LogP contribution in [0.3, 0.4) is 0 Å². The van der Waals surface area contributed by atoms with Crippen molar-refractivity contribution >= 4 is 29.3 Å². The van der Waals surface area contributed by atoms with Gasteiger partial charge in [0.15, 0.2) is 0 Å². The first-order chi connectivity index (χ1) is 14.0. The van der Waals surface area contributed by atoms with Crippen LogP contribution in [0, 0.1) is 13.8 Å². The minimum Gasteiger partial charge on any atom is -0.352 e. The summed E-state index contributed by atoms with van der Waals surface area (Å²) >= 11 is 1.24. The molecule has 150 valence electrons. The Morgan fingerprint density at radius 1 is 1.14 bits per heavy atom. The summed E-state index contributed by atoms with van der Waals surface area (Å²) in [6, 6.07) is 12.8. The molecule has 0 unspecified atom stereocenters. The number of carbonyl (C=O) groups excluding carboxylic acids is 2. The van der Waals surface area contributed by atoms with Gasteiger partial charge < -0.3 is 10.6 Å². The van der Waals surface area contributed by atoms with Crippen LogP contribution in [0.25, 0.3) is 5.69 Å². The van der Waals surface area contributed by atoms with Crippen LogP contribution < -0.4 is 10.6 Å². The topological polar surface area (TPSA) is 102 Å². The molecular weight excluding hydrogens is 388 g/mol. The minimum absolute atomic E-state index is 0.136. The second-order valence-corrected chi connectivity index (χ2v) is 7.38. The molecule has 2 aromatic carbocycles. The summed E-state index contributed by atoms with van der Waals surface area (Å²) in [5.74, 6) is -0.250. The second kappa shape index (κ2) is 9.33. The number of tetrazole rings is 1. The highest BCUT2D eigenvalue weighted by atomic mass is 32.2. The lowest BCUT2D eigenvalue weighted by Crippen LogP contribution is -2.23. The number of anilines is 1. The van der Waals surface area contributed by atoms with Gasteiger partial charge in [-0.05, 0) is 61.0 Å². The quantitative estimate of drug-likeness (QED) is 0.581. The predicted octanol–water partition coefficient (Wildman–Crippen LogP) is 2.76. The zero-order valence-corrected chi connectivity index (χ0v) is 17.3. The summed E-state index contributed by atoms with van der Waals surface area (Å²) in [4.78, 5) is 24.3. The summed E-state index contributed by atoms with van der Waals surface area (Å²) in [5.41, 5.74) is 4.14. The zero-order valence-electron chi connectivity index (χ0n) is 16.5. The lowest BCUT2D eigenvalue weighted by Gasteiger charge is -2.09. The van der Waals surface area contributed by atoms with E-state index in [2.05, 4.69) is 32.2 Å². The van der Waals surface area contributed by atoms with E-state index in [9.17, 15) is 9.59 Å². The molecule has 2 N–H and O–H groups in total. The van der Waals surface area contributed by atoms with Crippen LogP contribution >= 0.6 is 11.8 Å². The second-order valence-electron chi connectivity index (χ2n) is 6.44. The standard InChI is InChI=1S/C20H22N6O2S/c1-4-21-19(28)15-6-5-7-16(11-15)22-18(27)12-29-20-23-24-25-26(20)17-9-8-13(2)10-14(17)3/h5-11H,4,12H2,1-3H3,(H,21,28)(H,22,27). The number of aryl methyl sites for hydroxylation is 2. The molecule has 0 aliphatic heterocycles. The zero-order chi connectivity index (χ0) is 20.8. The van der Waals surface area contributed by atoms with E-state index in [1.807, 2.05) is 32.9 Å². The van der Waals surface area contributed by atoms with Gasteiger partial charge in [-0.15, -0.1) is 5.10 Å². The molecule has 0 saturated carbocycles. The molecule has 0 saturated heterocycles. The molecule has 0 spiro atoms. The number of carbonyl (C=O) groups is 2. The van der Waals surface area contributed by atoms with Gasteiger partial charge in [0.25, 0.3) is 5.91 Å². The van der Waals surface area contributed by atoms with Crippen LogP contribution in [0.15, 0.2) is 47.6 Å². The van der Waals surface area contributed by atoms with Gasteiger partial charge in [0, 0.05) is 17.8 Å². The fourth-order valence-corrected chi connectivity index (χ4v) is 3.47. The van der Waals surface area contributed by atoms with Crippen molar-refractivity contribution in [2.75, 3.05) is 17.6 Å². The van der Waals surface area contributed by atoms with Gasteiger partial charge in [-0.1, -0.05) is 35.5 Å². The highest BCUT2D eigenvalue weighted by Crippen LogP contribution is 2.21. The third kappa shape index (κ3) is 5.20. The van der Waals surface area contributed by atoms with E-state index in [0.29, 0.717) is 23.0 Å². The van der Waals surface area contributed by atoms with Crippen molar-refractivity contribution in [3.63, 3.8) is 0 Å².